The molecule has 1 nitrogen and oxygen atoms in total. The van der Waals surface area contributed by atoms with Gasteiger partial charge in [-0.15, -0.1) is 0 Å². The van der Waals surface area contributed by atoms with Gasteiger partial charge in [-0.25, -0.2) is 0 Å². The van der Waals surface area contributed by atoms with Crippen molar-refractivity contribution in [2.24, 2.45) is 0 Å². The van der Waals surface area contributed by atoms with Gasteiger partial charge in [0.2, 0.25) is 0 Å². The highest BCUT2D eigenvalue weighted by atomic mass is 15.1. The molecule has 10 rings (SSSR count). The number of nitrogens with zero attached hydrogens (tertiary/aromatic N) is 1. The molecular weight excluding hydrogens is 747 g/mol. The first-order valence-corrected chi connectivity index (χ1v) is 21.4. The number of hydrogen-bond acceptors (Lipinski definition) is 1. The third-order valence-electron chi connectivity index (χ3n) is 11.7. The van der Waals surface area contributed by atoms with Gasteiger partial charge in [-0.3, -0.25) is 0 Å². The highest BCUT2D eigenvalue weighted by molar-refractivity contribution is 5.99. The second-order valence-corrected chi connectivity index (χ2v) is 15.9. The standard InChI is InChI=1S/C48H37N.C13H12/c1-34-13-6-8-18-43(34)44-32-27-40(33-35(44)2)46-20-11-10-19-45(46)39-25-30-42(31-26-39)49(48-22-12-17-38-16-7-9-21-47(38)48)41-28-23-37(24-29-41)36-14-4-3-5-15-36;1-11-7-9-13(10-8-11)12-5-3-2-4-6-12/h3-33H,1-2H3;2-10H,1H3. The zero-order valence-corrected chi connectivity index (χ0v) is 35.5. The molecule has 0 bridgehead atoms. The molecule has 62 heavy (non-hydrogen) atoms. The molecule has 0 aliphatic carbocycles. The van der Waals surface area contributed by atoms with Crippen molar-refractivity contribution in [3.8, 4) is 55.6 Å². The summed E-state index contributed by atoms with van der Waals surface area (Å²) in [6.45, 7) is 6.51. The van der Waals surface area contributed by atoms with Gasteiger partial charge in [-0.2, -0.15) is 0 Å². The fourth-order valence-electron chi connectivity index (χ4n) is 8.43. The summed E-state index contributed by atoms with van der Waals surface area (Å²) in [6.07, 6.45) is 0. The van der Waals surface area contributed by atoms with Crippen LogP contribution in [0.2, 0.25) is 0 Å². The Kier molecular flexibility index (Phi) is 11.7. The summed E-state index contributed by atoms with van der Waals surface area (Å²) in [7, 11) is 0. The minimum Gasteiger partial charge on any atom is -0.310 e. The fraction of sp³-hybridized carbons (Fsp3) is 0.0492. The van der Waals surface area contributed by atoms with Gasteiger partial charge in [0.15, 0.2) is 0 Å². The van der Waals surface area contributed by atoms with E-state index in [2.05, 4.69) is 262 Å². The quantitative estimate of drug-likeness (QED) is 0.148. The minimum absolute atomic E-state index is 1.11. The predicted octanol–water partition coefficient (Wildman–Crippen LogP) is 17.3. The first-order valence-electron chi connectivity index (χ1n) is 21.4. The topological polar surface area (TPSA) is 3.24 Å². The second kappa shape index (κ2) is 18.3. The number of anilines is 3. The zero-order valence-electron chi connectivity index (χ0n) is 35.5. The van der Waals surface area contributed by atoms with Crippen molar-refractivity contribution in [1.82, 2.24) is 0 Å². The third kappa shape index (κ3) is 8.61. The molecule has 10 aromatic carbocycles. The Morgan fingerprint density at radius 2 is 0.710 bits per heavy atom. The van der Waals surface area contributed by atoms with Gasteiger partial charge < -0.3 is 4.90 Å². The van der Waals surface area contributed by atoms with Gasteiger partial charge in [0.1, 0.15) is 0 Å². The molecule has 0 radical (unpaired) electrons. The van der Waals surface area contributed by atoms with Crippen LogP contribution in [-0.4, -0.2) is 0 Å². The Balaban J connectivity index is 0.000000322. The number of rotatable bonds is 8. The van der Waals surface area contributed by atoms with Gasteiger partial charge in [0, 0.05) is 16.8 Å². The second-order valence-electron chi connectivity index (χ2n) is 15.9. The van der Waals surface area contributed by atoms with Crippen LogP contribution >= 0.6 is 0 Å². The van der Waals surface area contributed by atoms with E-state index in [1.807, 2.05) is 6.07 Å². The molecule has 0 aliphatic heterocycles. The highest BCUT2D eigenvalue weighted by Gasteiger charge is 2.17. The third-order valence-corrected chi connectivity index (χ3v) is 11.7. The first kappa shape index (κ1) is 39.7. The zero-order chi connectivity index (χ0) is 42.3. The van der Waals surface area contributed by atoms with Crippen LogP contribution in [0.25, 0.3) is 66.4 Å². The molecule has 0 amide bonds. The van der Waals surface area contributed by atoms with Crippen LogP contribution in [-0.2, 0) is 0 Å². The van der Waals surface area contributed by atoms with Crippen LogP contribution < -0.4 is 4.90 Å². The lowest BCUT2D eigenvalue weighted by atomic mass is 9.90. The van der Waals surface area contributed by atoms with Crippen LogP contribution in [0.5, 0.6) is 0 Å². The van der Waals surface area contributed by atoms with Crippen LogP contribution in [0.15, 0.2) is 243 Å². The summed E-state index contributed by atoms with van der Waals surface area (Å²) in [6, 6.07) is 87.0. The van der Waals surface area contributed by atoms with Crippen molar-refractivity contribution in [3.05, 3.63) is 259 Å². The highest BCUT2D eigenvalue weighted by Crippen LogP contribution is 2.41. The molecule has 0 saturated carbocycles. The molecule has 10 aromatic rings. The first-order chi connectivity index (χ1) is 30.5. The molecule has 0 aliphatic rings. The van der Waals surface area contributed by atoms with E-state index in [1.54, 1.807) is 0 Å². The van der Waals surface area contributed by atoms with Crippen LogP contribution in [0.3, 0.4) is 0 Å². The van der Waals surface area contributed by atoms with Gasteiger partial charge in [0.05, 0.1) is 5.69 Å². The molecule has 0 aromatic heterocycles. The maximum atomic E-state index is 2.38. The van der Waals surface area contributed by atoms with Gasteiger partial charge in [-0.05, 0) is 123 Å². The van der Waals surface area contributed by atoms with E-state index in [0.29, 0.717) is 0 Å². The monoisotopic (exact) mass is 795 g/mol. The number of hydrogen-bond donors (Lipinski definition) is 0. The number of aryl methyl sites for hydroxylation is 3. The summed E-state index contributed by atoms with van der Waals surface area (Å²) < 4.78 is 0. The van der Waals surface area contributed by atoms with Crippen molar-refractivity contribution in [2.45, 2.75) is 20.8 Å². The van der Waals surface area contributed by atoms with E-state index in [9.17, 15) is 0 Å². The smallest absolute Gasteiger partial charge is 0.0540 e. The van der Waals surface area contributed by atoms with Crippen LogP contribution in [0.1, 0.15) is 16.7 Å². The van der Waals surface area contributed by atoms with Gasteiger partial charge >= 0.3 is 0 Å². The lowest BCUT2D eigenvalue weighted by Gasteiger charge is -2.27. The predicted molar refractivity (Wildman–Crippen MR) is 266 cm³/mol. The van der Waals surface area contributed by atoms with Gasteiger partial charge in [-0.1, -0.05) is 218 Å². The summed E-state index contributed by atoms with van der Waals surface area (Å²) in [5.41, 5.74) is 19.7. The van der Waals surface area contributed by atoms with Gasteiger partial charge in [0.25, 0.3) is 0 Å². The van der Waals surface area contributed by atoms with E-state index >= 15 is 0 Å². The average molecular weight is 796 g/mol. The van der Waals surface area contributed by atoms with E-state index in [-0.39, 0.29) is 0 Å². The average Bonchev–Trinajstić information content (AvgIpc) is 3.33. The molecule has 0 N–H and O–H groups in total. The lowest BCUT2D eigenvalue weighted by molar-refractivity contribution is 1.30. The van der Waals surface area contributed by atoms with Crippen molar-refractivity contribution in [2.75, 3.05) is 4.90 Å². The largest absolute Gasteiger partial charge is 0.310 e. The Hall–Kier alpha value is -7.74. The molecular formula is C61H49N. The molecule has 0 spiro atoms. The summed E-state index contributed by atoms with van der Waals surface area (Å²) in [4.78, 5) is 2.38. The molecule has 0 heterocycles. The van der Waals surface area contributed by atoms with E-state index in [1.165, 1.54) is 83.1 Å². The van der Waals surface area contributed by atoms with E-state index < -0.39 is 0 Å². The summed E-state index contributed by atoms with van der Waals surface area (Å²) in [5, 5.41) is 2.44. The maximum Gasteiger partial charge on any atom is 0.0540 e. The van der Waals surface area contributed by atoms with Crippen molar-refractivity contribution in [1.29, 1.82) is 0 Å². The Morgan fingerprint density at radius 1 is 0.274 bits per heavy atom. The molecule has 298 valence electrons. The van der Waals surface area contributed by atoms with E-state index in [0.717, 1.165) is 17.1 Å². The van der Waals surface area contributed by atoms with Crippen molar-refractivity contribution in [3.63, 3.8) is 0 Å². The Bertz CT molecular complexity index is 3050. The minimum atomic E-state index is 1.11. The molecule has 0 atom stereocenters. The van der Waals surface area contributed by atoms with Crippen LogP contribution in [0.4, 0.5) is 17.1 Å². The fourth-order valence-corrected chi connectivity index (χ4v) is 8.43. The van der Waals surface area contributed by atoms with Crippen molar-refractivity contribution < 1.29 is 0 Å². The Morgan fingerprint density at radius 3 is 1.31 bits per heavy atom. The summed E-state index contributed by atoms with van der Waals surface area (Å²) >= 11 is 0. The SMILES string of the molecule is Cc1ccc(-c2ccccc2)cc1.Cc1ccccc1-c1ccc(-c2ccccc2-c2ccc(N(c3ccc(-c4ccccc4)cc3)c3cccc4ccccc34)cc2)cc1C. The summed E-state index contributed by atoms with van der Waals surface area (Å²) in [5.74, 6) is 0. The van der Waals surface area contributed by atoms with Crippen molar-refractivity contribution >= 4 is 27.8 Å². The molecule has 0 saturated heterocycles. The lowest BCUT2D eigenvalue weighted by Crippen LogP contribution is -2.10. The van der Waals surface area contributed by atoms with E-state index in [4.69, 9.17) is 0 Å². The molecule has 1 heteroatoms. The molecule has 0 fully saturated rings. The van der Waals surface area contributed by atoms with Crippen LogP contribution in [0, 0.1) is 20.8 Å². The Labute approximate surface area is 366 Å². The molecule has 0 unspecified atom stereocenters. The number of fused-ring (bicyclic) bond motifs is 1. The maximum absolute atomic E-state index is 2.38. The number of benzene rings is 10. The normalized spacial score (nSPS) is 10.8.